The standard InChI is InChI=1S/C24H30N4O/c1-26-20-11-4-3-10-19(20)25-23(26)21-12-9-17-28(21)22(29)18-24(13-5-2-6-14-24)27-15-7-8-16-27/h3-4,7-8,10-11,15-16,21H,2,5-6,9,12-14,17-18H2,1H3/t21-/m0/s1. The fourth-order valence-electron chi connectivity index (χ4n) is 5.57. The summed E-state index contributed by atoms with van der Waals surface area (Å²) in [5.74, 6) is 1.31. The van der Waals surface area contributed by atoms with Crippen LogP contribution >= 0.6 is 0 Å². The topological polar surface area (TPSA) is 43.1 Å². The average molecular weight is 391 g/mol. The molecule has 5 nitrogen and oxygen atoms in total. The third-order valence-corrected chi connectivity index (χ3v) is 7.11. The van der Waals surface area contributed by atoms with Crippen molar-refractivity contribution >= 4 is 16.9 Å². The molecule has 1 aliphatic heterocycles. The van der Waals surface area contributed by atoms with Gasteiger partial charge in [0.2, 0.25) is 5.91 Å². The molecule has 2 fully saturated rings. The number of aryl methyl sites for hydroxylation is 1. The lowest BCUT2D eigenvalue weighted by Gasteiger charge is -2.40. The van der Waals surface area contributed by atoms with E-state index in [2.05, 4.69) is 63.8 Å². The van der Waals surface area contributed by atoms with Crippen LogP contribution < -0.4 is 0 Å². The molecular formula is C24H30N4O. The van der Waals surface area contributed by atoms with Crippen LogP contribution in [0.4, 0.5) is 0 Å². The van der Waals surface area contributed by atoms with Gasteiger partial charge in [-0.2, -0.15) is 0 Å². The maximum absolute atomic E-state index is 13.6. The number of rotatable bonds is 4. The monoisotopic (exact) mass is 390 g/mol. The molecule has 2 aromatic heterocycles. The summed E-state index contributed by atoms with van der Waals surface area (Å²) in [4.78, 5) is 20.6. The normalized spacial score (nSPS) is 21.7. The van der Waals surface area contributed by atoms with Gasteiger partial charge in [0.05, 0.1) is 29.0 Å². The number of fused-ring (bicyclic) bond motifs is 1. The molecule has 3 aromatic rings. The summed E-state index contributed by atoms with van der Waals surface area (Å²) in [5, 5.41) is 0. The van der Waals surface area contributed by atoms with Crippen LogP contribution in [0.1, 0.15) is 63.2 Å². The molecule has 152 valence electrons. The molecule has 5 rings (SSSR count). The second kappa shape index (κ2) is 7.36. The first-order chi connectivity index (χ1) is 14.2. The molecule has 29 heavy (non-hydrogen) atoms. The van der Waals surface area contributed by atoms with Crippen molar-refractivity contribution in [3.05, 3.63) is 54.6 Å². The van der Waals surface area contributed by atoms with Crippen LogP contribution in [0, 0.1) is 0 Å². The number of amides is 1. The van der Waals surface area contributed by atoms with E-state index in [1.807, 2.05) is 6.07 Å². The maximum atomic E-state index is 13.6. The van der Waals surface area contributed by atoms with Gasteiger partial charge < -0.3 is 14.0 Å². The molecule has 3 heterocycles. The molecule has 1 saturated carbocycles. The fraction of sp³-hybridized carbons (Fsp3) is 0.500. The number of likely N-dealkylation sites (tertiary alicyclic amines) is 1. The van der Waals surface area contributed by atoms with E-state index in [0.717, 1.165) is 49.1 Å². The van der Waals surface area contributed by atoms with Gasteiger partial charge in [-0.15, -0.1) is 0 Å². The minimum absolute atomic E-state index is 0.0572. The summed E-state index contributed by atoms with van der Waals surface area (Å²) < 4.78 is 4.48. The Bertz CT molecular complexity index is 997. The Morgan fingerprint density at radius 2 is 1.83 bits per heavy atom. The van der Waals surface area contributed by atoms with Gasteiger partial charge in [0.25, 0.3) is 0 Å². The van der Waals surface area contributed by atoms with E-state index in [4.69, 9.17) is 4.98 Å². The number of benzene rings is 1. The maximum Gasteiger partial charge on any atom is 0.225 e. The van der Waals surface area contributed by atoms with Crippen molar-refractivity contribution < 1.29 is 4.79 Å². The van der Waals surface area contributed by atoms with E-state index in [-0.39, 0.29) is 17.5 Å². The predicted octanol–water partition coefficient (Wildman–Crippen LogP) is 4.79. The van der Waals surface area contributed by atoms with E-state index in [1.165, 1.54) is 19.3 Å². The van der Waals surface area contributed by atoms with Gasteiger partial charge >= 0.3 is 0 Å². The first-order valence-electron chi connectivity index (χ1n) is 11.0. The Morgan fingerprint density at radius 1 is 1.07 bits per heavy atom. The molecule has 1 aromatic carbocycles. The summed E-state index contributed by atoms with van der Waals surface area (Å²) in [6.45, 7) is 0.842. The zero-order chi connectivity index (χ0) is 19.8. The van der Waals surface area contributed by atoms with Crippen LogP contribution in [0.5, 0.6) is 0 Å². The van der Waals surface area contributed by atoms with Gasteiger partial charge in [0.1, 0.15) is 5.82 Å². The van der Waals surface area contributed by atoms with Gasteiger partial charge in [0, 0.05) is 26.0 Å². The largest absolute Gasteiger partial charge is 0.348 e. The highest BCUT2D eigenvalue weighted by Gasteiger charge is 2.40. The SMILES string of the molecule is Cn1c([C@@H]2CCCN2C(=O)CC2(n3cccc3)CCCCC2)nc2ccccc21. The summed E-state index contributed by atoms with van der Waals surface area (Å²) in [6.07, 6.45) is 12.8. The number of carbonyl (C=O) groups excluding carboxylic acids is 1. The van der Waals surface area contributed by atoms with Crippen LogP contribution in [0.2, 0.25) is 0 Å². The first kappa shape index (κ1) is 18.5. The lowest BCUT2D eigenvalue weighted by molar-refractivity contribution is -0.135. The van der Waals surface area contributed by atoms with Gasteiger partial charge in [-0.25, -0.2) is 4.98 Å². The zero-order valence-electron chi connectivity index (χ0n) is 17.3. The van der Waals surface area contributed by atoms with Crippen LogP contribution in [0.25, 0.3) is 11.0 Å². The lowest BCUT2D eigenvalue weighted by Crippen LogP contribution is -2.42. The van der Waals surface area contributed by atoms with Crippen LogP contribution in [-0.4, -0.2) is 31.5 Å². The number of aromatic nitrogens is 3. The van der Waals surface area contributed by atoms with Crippen LogP contribution in [0.15, 0.2) is 48.8 Å². The van der Waals surface area contributed by atoms with E-state index in [0.29, 0.717) is 6.42 Å². The quantitative estimate of drug-likeness (QED) is 0.643. The molecule has 0 spiro atoms. The van der Waals surface area contributed by atoms with E-state index < -0.39 is 0 Å². The van der Waals surface area contributed by atoms with Crippen molar-refractivity contribution in [2.24, 2.45) is 7.05 Å². The minimum atomic E-state index is -0.0572. The third-order valence-electron chi connectivity index (χ3n) is 7.11. The molecule has 2 aliphatic rings. The van der Waals surface area contributed by atoms with Gasteiger partial charge in [0.15, 0.2) is 0 Å². The third kappa shape index (κ3) is 3.17. The fourth-order valence-corrected chi connectivity index (χ4v) is 5.57. The van der Waals surface area contributed by atoms with Crippen molar-refractivity contribution in [2.45, 2.75) is 62.9 Å². The lowest BCUT2D eigenvalue weighted by atomic mass is 9.78. The summed E-state index contributed by atoms with van der Waals surface area (Å²) in [5.41, 5.74) is 2.09. The Balaban J connectivity index is 1.43. The molecule has 1 saturated heterocycles. The Morgan fingerprint density at radius 3 is 2.59 bits per heavy atom. The average Bonchev–Trinajstić information content (AvgIpc) is 3.49. The second-order valence-electron chi connectivity index (χ2n) is 8.81. The highest BCUT2D eigenvalue weighted by Crippen LogP contribution is 2.40. The number of hydrogen-bond acceptors (Lipinski definition) is 2. The Hall–Kier alpha value is -2.56. The molecule has 1 atom stereocenters. The molecule has 0 unspecified atom stereocenters. The second-order valence-corrected chi connectivity index (χ2v) is 8.81. The van der Waals surface area contributed by atoms with Gasteiger partial charge in [-0.3, -0.25) is 4.79 Å². The summed E-state index contributed by atoms with van der Waals surface area (Å²) >= 11 is 0. The molecule has 0 N–H and O–H groups in total. The summed E-state index contributed by atoms with van der Waals surface area (Å²) in [7, 11) is 2.08. The first-order valence-corrected chi connectivity index (χ1v) is 11.0. The molecule has 0 radical (unpaired) electrons. The Labute approximate surface area is 172 Å². The number of hydrogen-bond donors (Lipinski definition) is 0. The highest BCUT2D eigenvalue weighted by atomic mass is 16.2. The van der Waals surface area contributed by atoms with Crippen molar-refractivity contribution in [3.8, 4) is 0 Å². The molecule has 0 bridgehead atoms. The summed E-state index contributed by atoms with van der Waals surface area (Å²) in [6, 6.07) is 12.5. The highest BCUT2D eigenvalue weighted by molar-refractivity contribution is 5.79. The molecule has 1 aliphatic carbocycles. The predicted molar refractivity (Wildman–Crippen MR) is 115 cm³/mol. The number of imidazole rings is 1. The van der Waals surface area contributed by atoms with E-state index in [1.54, 1.807) is 0 Å². The van der Waals surface area contributed by atoms with E-state index in [9.17, 15) is 4.79 Å². The van der Waals surface area contributed by atoms with E-state index >= 15 is 0 Å². The van der Waals surface area contributed by atoms with Crippen molar-refractivity contribution in [1.82, 2.24) is 19.0 Å². The van der Waals surface area contributed by atoms with Crippen LogP contribution in [0.3, 0.4) is 0 Å². The van der Waals surface area contributed by atoms with Crippen LogP contribution in [-0.2, 0) is 17.4 Å². The number of carbonyl (C=O) groups is 1. The smallest absolute Gasteiger partial charge is 0.225 e. The van der Waals surface area contributed by atoms with Gasteiger partial charge in [-0.1, -0.05) is 31.4 Å². The Kier molecular flexibility index (Phi) is 4.69. The zero-order valence-corrected chi connectivity index (χ0v) is 17.3. The minimum Gasteiger partial charge on any atom is -0.348 e. The number of nitrogens with zero attached hydrogens (tertiary/aromatic N) is 4. The van der Waals surface area contributed by atoms with Crippen molar-refractivity contribution in [1.29, 1.82) is 0 Å². The van der Waals surface area contributed by atoms with Crippen molar-refractivity contribution in [3.63, 3.8) is 0 Å². The molecule has 5 heteroatoms. The van der Waals surface area contributed by atoms with Crippen molar-refractivity contribution in [2.75, 3.05) is 6.54 Å². The van der Waals surface area contributed by atoms with Gasteiger partial charge in [-0.05, 0) is 49.9 Å². The molecular weight excluding hydrogens is 360 g/mol. The molecule has 1 amide bonds. The number of para-hydroxylation sites is 2.